The van der Waals surface area contributed by atoms with E-state index in [1.54, 1.807) is 14.0 Å². The average Bonchev–Trinajstić information content (AvgIpc) is 2.26. The molecule has 1 aromatic rings. The van der Waals surface area contributed by atoms with Gasteiger partial charge in [-0.1, -0.05) is 12.1 Å². The minimum absolute atomic E-state index is 0.220. The summed E-state index contributed by atoms with van der Waals surface area (Å²) in [7, 11) is 1.59. The first-order valence-corrected chi connectivity index (χ1v) is 4.68. The highest BCUT2D eigenvalue weighted by atomic mass is 16.5. The average molecular weight is 209 g/mol. The summed E-state index contributed by atoms with van der Waals surface area (Å²) in [5.41, 5.74) is 6.24. The molecule has 82 valence electrons. The van der Waals surface area contributed by atoms with Crippen LogP contribution in [0.5, 0.6) is 5.75 Å². The van der Waals surface area contributed by atoms with E-state index >= 15 is 0 Å². The lowest BCUT2D eigenvalue weighted by Gasteiger charge is -2.08. The Morgan fingerprint density at radius 3 is 2.87 bits per heavy atom. The van der Waals surface area contributed by atoms with Crippen LogP contribution in [-0.2, 0) is 16.1 Å². The van der Waals surface area contributed by atoms with E-state index in [-0.39, 0.29) is 6.61 Å². The fraction of sp³-hybridized carbons (Fsp3) is 0.364. The van der Waals surface area contributed by atoms with E-state index in [9.17, 15) is 4.79 Å². The van der Waals surface area contributed by atoms with Gasteiger partial charge in [0, 0.05) is 0 Å². The molecule has 2 N–H and O–H groups in total. The Labute approximate surface area is 89.0 Å². The molecule has 0 amide bonds. The quantitative estimate of drug-likeness (QED) is 0.754. The summed E-state index contributed by atoms with van der Waals surface area (Å²) in [5.74, 6) is 0.335. The topological polar surface area (TPSA) is 61.5 Å². The highest BCUT2D eigenvalue weighted by Gasteiger charge is 2.08. The van der Waals surface area contributed by atoms with Crippen molar-refractivity contribution >= 4 is 5.97 Å². The van der Waals surface area contributed by atoms with Crippen molar-refractivity contribution in [2.24, 2.45) is 5.73 Å². The number of benzene rings is 1. The molecule has 0 saturated carbocycles. The first kappa shape index (κ1) is 11.5. The number of carbonyl (C=O) groups is 1. The molecule has 0 aromatic heterocycles. The molecule has 0 aliphatic rings. The van der Waals surface area contributed by atoms with Crippen LogP contribution in [0.2, 0.25) is 0 Å². The standard InChI is InChI=1S/C11H15NO3/c1-8(12)11(13)15-7-9-4-3-5-10(6-9)14-2/h3-6,8H,7,12H2,1-2H3/t8-/m0/s1. The molecule has 1 atom stereocenters. The van der Waals surface area contributed by atoms with Crippen LogP contribution in [0, 0.1) is 0 Å². The zero-order valence-corrected chi connectivity index (χ0v) is 8.90. The molecule has 0 fully saturated rings. The van der Waals surface area contributed by atoms with Crippen molar-refractivity contribution in [3.05, 3.63) is 29.8 Å². The molecule has 0 saturated heterocycles. The Morgan fingerprint density at radius 1 is 1.53 bits per heavy atom. The summed E-state index contributed by atoms with van der Waals surface area (Å²) >= 11 is 0. The van der Waals surface area contributed by atoms with Gasteiger partial charge in [0.05, 0.1) is 7.11 Å². The Bertz CT molecular complexity index is 336. The van der Waals surface area contributed by atoms with Crippen LogP contribution in [0.25, 0.3) is 0 Å². The summed E-state index contributed by atoms with van der Waals surface area (Å²) in [6.45, 7) is 1.81. The molecular formula is C11H15NO3. The first-order valence-electron chi connectivity index (χ1n) is 4.68. The molecule has 1 aromatic carbocycles. The molecule has 0 spiro atoms. The van der Waals surface area contributed by atoms with Crippen LogP contribution in [0.4, 0.5) is 0 Å². The van der Waals surface area contributed by atoms with Gasteiger partial charge in [-0.25, -0.2) is 0 Å². The number of nitrogens with two attached hydrogens (primary N) is 1. The second-order valence-corrected chi connectivity index (χ2v) is 3.25. The molecule has 1 rings (SSSR count). The molecule has 0 radical (unpaired) electrons. The van der Waals surface area contributed by atoms with Gasteiger partial charge in [-0.15, -0.1) is 0 Å². The van der Waals surface area contributed by atoms with Crippen LogP contribution in [0.15, 0.2) is 24.3 Å². The summed E-state index contributed by atoms with van der Waals surface area (Å²) < 4.78 is 10.0. The largest absolute Gasteiger partial charge is 0.497 e. The van der Waals surface area contributed by atoms with Gasteiger partial charge >= 0.3 is 5.97 Å². The summed E-state index contributed by atoms with van der Waals surface area (Å²) in [5, 5.41) is 0. The number of hydrogen-bond donors (Lipinski definition) is 1. The van der Waals surface area contributed by atoms with E-state index in [0.29, 0.717) is 0 Å². The number of methoxy groups -OCH3 is 1. The molecule has 0 bridgehead atoms. The normalized spacial score (nSPS) is 11.9. The summed E-state index contributed by atoms with van der Waals surface area (Å²) in [4.78, 5) is 11.1. The molecule has 0 heterocycles. The summed E-state index contributed by atoms with van der Waals surface area (Å²) in [6.07, 6.45) is 0. The molecule has 4 nitrogen and oxygen atoms in total. The number of hydrogen-bond acceptors (Lipinski definition) is 4. The molecule has 4 heteroatoms. The zero-order valence-electron chi connectivity index (χ0n) is 8.90. The van der Waals surface area contributed by atoms with E-state index in [1.165, 1.54) is 0 Å². The number of esters is 1. The van der Waals surface area contributed by atoms with E-state index < -0.39 is 12.0 Å². The maximum absolute atomic E-state index is 11.1. The maximum atomic E-state index is 11.1. The van der Waals surface area contributed by atoms with Crippen molar-refractivity contribution in [1.29, 1.82) is 0 Å². The fourth-order valence-electron chi connectivity index (χ4n) is 1.05. The molecule has 0 aliphatic heterocycles. The minimum atomic E-state index is -0.587. The van der Waals surface area contributed by atoms with Crippen molar-refractivity contribution in [1.82, 2.24) is 0 Å². The third-order valence-corrected chi connectivity index (χ3v) is 1.89. The monoisotopic (exact) mass is 209 g/mol. The molecule has 15 heavy (non-hydrogen) atoms. The van der Waals surface area contributed by atoms with Crippen LogP contribution in [-0.4, -0.2) is 19.1 Å². The second-order valence-electron chi connectivity index (χ2n) is 3.25. The maximum Gasteiger partial charge on any atom is 0.322 e. The number of carbonyl (C=O) groups excluding carboxylic acids is 1. The van der Waals surface area contributed by atoms with Crippen LogP contribution < -0.4 is 10.5 Å². The van der Waals surface area contributed by atoms with Gasteiger partial charge in [0.15, 0.2) is 0 Å². The van der Waals surface area contributed by atoms with Gasteiger partial charge in [0.2, 0.25) is 0 Å². The fourth-order valence-corrected chi connectivity index (χ4v) is 1.05. The van der Waals surface area contributed by atoms with Crippen molar-refractivity contribution in [3.8, 4) is 5.75 Å². The smallest absolute Gasteiger partial charge is 0.322 e. The number of ether oxygens (including phenoxy) is 2. The SMILES string of the molecule is COc1cccc(COC(=O)[C@H](C)N)c1. The third kappa shape index (κ3) is 3.59. The Balaban J connectivity index is 2.54. The molecular weight excluding hydrogens is 194 g/mol. The van der Waals surface area contributed by atoms with Crippen LogP contribution in [0.3, 0.4) is 0 Å². The van der Waals surface area contributed by atoms with Crippen molar-refractivity contribution < 1.29 is 14.3 Å². The lowest BCUT2D eigenvalue weighted by atomic mass is 10.2. The van der Waals surface area contributed by atoms with Gasteiger partial charge in [-0.3, -0.25) is 4.79 Å². The van der Waals surface area contributed by atoms with E-state index in [0.717, 1.165) is 11.3 Å². The highest BCUT2D eigenvalue weighted by Crippen LogP contribution is 2.13. The molecule has 0 unspecified atom stereocenters. The van der Waals surface area contributed by atoms with Gasteiger partial charge in [-0.05, 0) is 24.6 Å². The highest BCUT2D eigenvalue weighted by molar-refractivity contribution is 5.74. The van der Waals surface area contributed by atoms with E-state index in [2.05, 4.69) is 0 Å². The molecule has 0 aliphatic carbocycles. The lowest BCUT2D eigenvalue weighted by molar-refractivity contribution is -0.146. The van der Waals surface area contributed by atoms with E-state index in [4.69, 9.17) is 15.2 Å². The van der Waals surface area contributed by atoms with Gasteiger partial charge in [0.25, 0.3) is 0 Å². The van der Waals surface area contributed by atoms with Gasteiger partial charge < -0.3 is 15.2 Å². The first-order chi connectivity index (χ1) is 7.13. The lowest BCUT2D eigenvalue weighted by Crippen LogP contribution is -2.28. The van der Waals surface area contributed by atoms with Crippen LogP contribution in [0.1, 0.15) is 12.5 Å². The van der Waals surface area contributed by atoms with Crippen LogP contribution >= 0.6 is 0 Å². The van der Waals surface area contributed by atoms with Gasteiger partial charge in [-0.2, -0.15) is 0 Å². The Kier molecular flexibility index (Phi) is 4.12. The third-order valence-electron chi connectivity index (χ3n) is 1.89. The predicted octanol–water partition coefficient (Wildman–Crippen LogP) is 1.09. The van der Waals surface area contributed by atoms with Crippen molar-refractivity contribution in [2.75, 3.05) is 7.11 Å². The van der Waals surface area contributed by atoms with Crippen molar-refractivity contribution in [3.63, 3.8) is 0 Å². The minimum Gasteiger partial charge on any atom is -0.497 e. The summed E-state index contributed by atoms with van der Waals surface area (Å²) in [6, 6.07) is 6.76. The van der Waals surface area contributed by atoms with Crippen molar-refractivity contribution in [2.45, 2.75) is 19.6 Å². The Hall–Kier alpha value is -1.55. The Morgan fingerprint density at radius 2 is 2.27 bits per heavy atom. The van der Waals surface area contributed by atoms with Gasteiger partial charge in [0.1, 0.15) is 18.4 Å². The predicted molar refractivity (Wildman–Crippen MR) is 56.4 cm³/mol. The zero-order chi connectivity index (χ0) is 11.3. The number of rotatable bonds is 4. The van der Waals surface area contributed by atoms with E-state index in [1.807, 2.05) is 24.3 Å². The second kappa shape index (κ2) is 5.36.